The van der Waals surface area contributed by atoms with E-state index in [-0.39, 0.29) is 12.4 Å². The average Bonchev–Trinajstić information content (AvgIpc) is 2.64. The van der Waals surface area contributed by atoms with E-state index in [1.165, 1.54) is 0 Å². The van der Waals surface area contributed by atoms with E-state index in [1.54, 1.807) is 31.1 Å². The normalized spacial score (nSPS) is 7.33. The van der Waals surface area contributed by atoms with Crippen LogP contribution in [0, 0.1) is 0 Å². The summed E-state index contributed by atoms with van der Waals surface area (Å²) in [4.78, 5) is 10.2. The van der Waals surface area contributed by atoms with E-state index in [2.05, 4.69) is 15.0 Å². The Kier molecular flexibility index (Phi) is 6.88. The Morgan fingerprint density at radius 3 is 1.75 bits per heavy atom. The molecule has 0 atom stereocenters. The van der Waals surface area contributed by atoms with Crippen LogP contribution in [0.25, 0.3) is 0 Å². The molecule has 3 nitrogen and oxygen atoms in total. The summed E-state index contributed by atoms with van der Waals surface area (Å²) in [6.07, 6.45) is 8.58. The Balaban J connectivity index is 0.000000189. The molecule has 2 heterocycles. The highest BCUT2D eigenvalue weighted by molar-refractivity contribution is 5.85. The van der Waals surface area contributed by atoms with Gasteiger partial charge in [-0.15, -0.1) is 12.4 Å². The molecule has 0 radical (unpaired) electrons. The van der Waals surface area contributed by atoms with Crippen LogP contribution in [0.5, 0.6) is 0 Å². The van der Waals surface area contributed by atoms with Gasteiger partial charge in [0.2, 0.25) is 0 Å². The number of aromatic amines is 1. The maximum atomic E-state index is 3.78. The first-order valence-electron chi connectivity index (χ1n) is 3.28. The number of halogens is 1. The molecule has 0 unspecified atom stereocenters. The molecule has 1 N–H and O–H groups in total. The van der Waals surface area contributed by atoms with Crippen molar-refractivity contribution in [1.82, 2.24) is 15.0 Å². The van der Waals surface area contributed by atoms with Gasteiger partial charge in [0.25, 0.3) is 0 Å². The molecule has 64 valence electrons. The molecule has 0 spiro atoms. The summed E-state index contributed by atoms with van der Waals surface area (Å²) in [5.74, 6) is 0. The minimum absolute atomic E-state index is 0. The van der Waals surface area contributed by atoms with Gasteiger partial charge in [-0.05, 0) is 12.1 Å². The predicted molar refractivity (Wildman–Crippen MR) is 50.1 cm³/mol. The lowest BCUT2D eigenvalue weighted by atomic mass is 10.5. The minimum Gasteiger partial charge on any atom is -0.351 e. The fourth-order valence-electron chi connectivity index (χ4n) is 0.528. The number of pyridine rings is 1. The molecular formula is C8H10ClN3. The van der Waals surface area contributed by atoms with Crippen molar-refractivity contribution in [2.45, 2.75) is 0 Å². The summed E-state index contributed by atoms with van der Waals surface area (Å²) in [7, 11) is 0. The van der Waals surface area contributed by atoms with E-state index in [0.29, 0.717) is 0 Å². The maximum absolute atomic E-state index is 3.78. The lowest BCUT2D eigenvalue weighted by Crippen LogP contribution is -1.58. The number of nitrogens with zero attached hydrogens (tertiary/aromatic N) is 2. The van der Waals surface area contributed by atoms with Crippen LogP contribution >= 0.6 is 12.4 Å². The standard InChI is InChI=1S/C5H5N.C3H4N2.ClH/c1-2-4-6-5-3-1;1-2-5-3-4-1;/h1-5H;1-3H,(H,4,5);1H. The van der Waals surface area contributed by atoms with Crippen LogP contribution in [0.15, 0.2) is 49.3 Å². The quantitative estimate of drug-likeness (QED) is 0.678. The van der Waals surface area contributed by atoms with E-state index in [9.17, 15) is 0 Å². The Bertz CT molecular complexity index is 200. The average molecular weight is 184 g/mol. The first-order valence-corrected chi connectivity index (χ1v) is 3.28. The van der Waals surface area contributed by atoms with Gasteiger partial charge in [0.05, 0.1) is 6.33 Å². The molecule has 2 rings (SSSR count). The van der Waals surface area contributed by atoms with E-state index >= 15 is 0 Å². The minimum atomic E-state index is 0. The molecule has 0 aliphatic heterocycles. The second-order valence-electron chi connectivity index (χ2n) is 1.79. The van der Waals surface area contributed by atoms with Crippen molar-refractivity contribution in [1.29, 1.82) is 0 Å². The van der Waals surface area contributed by atoms with Crippen LogP contribution in [-0.4, -0.2) is 15.0 Å². The third-order valence-corrected chi connectivity index (χ3v) is 0.972. The van der Waals surface area contributed by atoms with E-state index < -0.39 is 0 Å². The van der Waals surface area contributed by atoms with Crippen molar-refractivity contribution < 1.29 is 0 Å². The Hall–Kier alpha value is -1.35. The highest BCUT2D eigenvalue weighted by atomic mass is 35.5. The third kappa shape index (κ3) is 5.44. The smallest absolute Gasteiger partial charge is 0.0919 e. The fourth-order valence-corrected chi connectivity index (χ4v) is 0.528. The van der Waals surface area contributed by atoms with Crippen LogP contribution in [0.2, 0.25) is 0 Å². The molecule has 0 aromatic carbocycles. The van der Waals surface area contributed by atoms with Crippen LogP contribution in [-0.2, 0) is 0 Å². The number of rotatable bonds is 0. The van der Waals surface area contributed by atoms with Crippen LogP contribution in [0.1, 0.15) is 0 Å². The summed E-state index contributed by atoms with van der Waals surface area (Å²) in [5, 5.41) is 0. The molecule has 0 aliphatic carbocycles. The second kappa shape index (κ2) is 7.75. The molecule has 2 aromatic heterocycles. The van der Waals surface area contributed by atoms with Crippen molar-refractivity contribution in [2.75, 3.05) is 0 Å². The third-order valence-electron chi connectivity index (χ3n) is 0.972. The fraction of sp³-hybridized carbons (Fsp3) is 0. The summed E-state index contributed by atoms with van der Waals surface area (Å²) < 4.78 is 0. The van der Waals surface area contributed by atoms with Gasteiger partial charge in [-0.3, -0.25) is 4.98 Å². The Labute approximate surface area is 77.3 Å². The lowest BCUT2D eigenvalue weighted by Gasteiger charge is -1.70. The second-order valence-corrected chi connectivity index (χ2v) is 1.79. The first kappa shape index (κ1) is 10.7. The Morgan fingerprint density at radius 1 is 0.833 bits per heavy atom. The molecule has 12 heavy (non-hydrogen) atoms. The number of hydrogen-bond acceptors (Lipinski definition) is 2. The number of imidazole rings is 1. The van der Waals surface area contributed by atoms with Crippen molar-refractivity contribution in [2.24, 2.45) is 0 Å². The van der Waals surface area contributed by atoms with Crippen molar-refractivity contribution in [3.8, 4) is 0 Å². The van der Waals surface area contributed by atoms with Crippen LogP contribution < -0.4 is 0 Å². The van der Waals surface area contributed by atoms with E-state index in [0.717, 1.165) is 0 Å². The number of hydrogen-bond donors (Lipinski definition) is 1. The summed E-state index contributed by atoms with van der Waals surface area (Å²) in [6.45, 7) is 0. The van der Waals surface area contributed by atoms with Crippen molar-refractivity contribution in [3.05, 3.63) is 49.3 Å². The number of aromatic nitrogens is 3. The zero-order valence-corrected chi connectivity index (χ0v) is 7.24. The van der Waals surface area contributed by atoms with Crippen LogP contribution in [0.3, 0.4) is 0 Å². The van der Waals surface area contributed by atoms with Crippen molar-refractivity contribution in [3.63, 3.8) is 0 Å². The molecule has 0 amide bonds. The molecule has 0 saturated heterocycles. The molecular weight excluding hydrogens is 174 g/mol. The van der Waals surface area contributed by atoms with Gasteiger partial charge in [-0.25, -0.2) is 4.98 Å². The molecule has 0 fully saturated rings. The summed E-state index contributed by atoms with van der Waals surface area (Å²) in [5.41, 5.74) is 0. The number of H-pyrrole nitrogens is 1. The highest BCUT2D eigenvalue weighted by Gasteiger charge is 1.58. The van der Waals surface area contributed by atoms with Gasteiger partial charge in [-0.1, -0.05) is 6.07 Å². The Morgan fingerprint density at radius 2 is 1.58 bits per heavy atom. The van der Waals surface area contributed by atoms with Gasteiger partial charge < -0.3 is 4.98 Å². The SMILES string of the molecule is Cl.c1c[nH]cn1.c1ccncc1. The molecule has 0 aliphatic rings. The first-order chi connectivity index (χ1) is 5.50. The maximum Gasteiger partial charge on any atom is 0.0919 e. The number of nitrogens with one attached hydrogen (secondary N) is 1. The van der Waals surface area contributed by atoms with E-state index in [4.69, 9.17) is 0 Å². The van der Waals surface area contributed by atoms with E-state index in [1.807, 2.05) is 18.2 Å². The predicted octanol–water partition coefficient (Wildman–Crippen LogP) is 1.91. The summed E-state index contributed by atoms with van der Waals surface area (Å²) >= 11 is 0. The molecule has 0 saturated carbocycles. The van der Waals surface area contributed by atoms with Crippen molar-refractivity contribution >= 4 is 12.4 Å². The zero-order chi connectivity index (χ0) is 7.78. The monoisotopic (exact) mass is 183 g/mol. The largest absolute Gasteiger partial charge is 0.351 e. The summed E-state index contributed by atoms with van der Waals surface area (Å²) in [6, 6.07) is 5.72. The van der Waals surface area contributed by atoms with Gasteiger partial charge in [0.1, 0.15) is 0 Å². The lowest BCUT2D eigenvalue weighted by molar-refractivity contribution is 1.31. The zero-order valence-electron chi connectivity index (χ0n) is 6.42. The topological polar surface area (TPSA) is 41.6 Å². The van der Waals surface area contributed by atoms with Crippen LogP contribution in [0.4, 0.5) is 0 Å². The van der Waals surface area contributed by atoms with Gasteiger partial charge >= 0.3 is 0 Å². The molecule has 2 aromatic rings. The highest BCUT2D eigenvalue weighted by Crippen LogP contribution is 1.73. The molecule has 0 bridgehead atoms. The van der Waals surface area contributed by atoms with Gasteiger partial charge in [-0.2, -0.15) is 0 Å². The molecule has 4 heteroatoms. The van der Waals surface area contributed by atoms with Gasteiger partial charge in [0, 0.05) is 24.8 Å². The van der Waals surface area contributed by atoms with Gasteiger partial charge in [0.15, 0.2) is 0 Å².